The molecule has 2 amide bonds. The van der Waals surface area contributed by atoms with Gasteiger partial charge in [-0.25, -0.2) is 0 Å². The molecule has 24 heavy (non-hydrogen) atoms. The van der Waals surface area contributed by atoms with E-state index < -0.39 is 5.91 Å². The SMILES string of the molecule is CN(C)CCNC(=O)c1ccnc(C(=O)Nc2cccc(Cl)c2)c1. The first-order valence-electron chi connectivity index (χ1n) is 7.41. The number of hydrogen-bond acceptors (Lipinski definition) is 4. The maximum atomic E-state index is 12.2. The first-order valence-corrected chi connectivity index (χ1v) is 7.79. The lowest BCUT2D eigenvalue weighted by Crippen LogP contribution is -2.31. The average Bonchev–Trinajstić information content (AvgIpc) is 2.54. The molecule has 0 aliphatic carbocycles. The second-order valence-electron chi connectivity index (χ2n) is 5.45. The number of carbonyl (C=O) groups excluding carboxylic acids is 2. The normalized spacial score (nSPS) is 10.5. The molecule has 126 valence electrons. The van der Waals surface area contributed by atoms with Crippen molar-refractivity contribution >= 4 is 29.1 Å². The van der Waals surface area contributed by atoms with Gasteiger partial charge in [0.2, 0.25) is 0 Å². The minimum Gasteiger partial charge on any atom is -0.351 e. The molecular formula is C17H19ClN4O2. The van der Waals surface area contributed by atoms with Crippen molar-refractivity contribution in [2.24, 2.45) is 0 Å². The summed E-state index contributed by atoms with van der Waals surface area (Å²) in [6.07, 6.45) is 1.44. The van der Waals surface area contributed by atoms with Gasteiger partial charge in [-0.1, -0.05) is 17.7 Å². The second kappa shape index (κ2) is 8.42. The number of amides is 2. The number of anilines is 1. The molecule has 0 radical (unpaired) electrons. The number of nitrogens with zero attached hydrogens (tertiary/aromatic N) is 2. The fourth-order valence-corrected chi connectivity index (χ4v) is 2.14. The quantitative estimate of drug-likeness (QED) is 0.841. The number of carbonyl (C=O) groups is 2. The maximum absolute atomic E-state index is 12.2. The number of aromatic nitrogens is 1. The number of likely N-dealkylation sites (N-methyl/N-ethyl adjacent to an activating group) is 1. The van der Waals surface area contributed by atoms with E-state index >= 15 is 0 Å². The van der Waals surface area contributed by atoms with Gasteiger partial charge in [0.1, 0.15) is 5.69 Å². The van der Waals surface area contributed by atoms with Crippen LogP contribution in [0.3, 0.4) is 0 Å². The molecular weight excluding hydrogens is 328 g/mol. The summed E-state index contributed by atoms with van der Waals surface area (Å²) in [6.45, 7) is 1.26. The monoisotopic (exact) mass is 346 g/mol. The summed E-state index contributed by atoms with van der Waals surface area (Å²) in [5, 5.41) is 6.02. The third-order valence-corrected chi connectivity index (χ3v) is 3.42. The number of rotatable bonds is 6. The molecule has 0 spiro atoms. The van der Waals surface area contributed by atoms with Gasteiger partial charge in [0.15, 0.2) is 0 Å². The van der Waals surface area contributed by atoms with Gasteiger partial charge >= 0.3 is 0 Å². The van der Waals surface area contributed by atoms with Crippen LogP contribution in [0.15, 0.2) is 42.6 Å². The van der Waals surface area contributed by atoms with E-state index in [0.717, 1.165) is 6.54 Å². The van der Waals surface area contributed by atoms with Crippen molar-refractivity contribution in [1.29, 1.82) is 0 Å². The van der Waals surface area contributed by atoms with E-state index in [1.54, 1.807) is 30.3 Å². The molecule has 7 heteroatoms. The van der Waals surface area contributed by atoms with Crippen LogP contribution in [0.4, 0.5) is 5.69 Å². The van der Waals surface area contributed by atoms with Crippen LogP contribution in [0.25, 0.3) is 0 Å². The Hall–Kier alpha value is -2.44. The highest BCUT2D eigenvalue weighted by Crippen LogP contribution is 2.15. The van der Waals surface area contributed by atoms with Crippen LogP contribution >= 0.6 is 11.6 Å². The number of nitrogens with one attached hydrogen (secondary N) is 2. The highest BCUT2D eigenvalue weighted by atomic mass is 35.5. The van der Waals surface area contributed by atoms with Gasteiger partial charge in [0.25, 0.3) is 11.8 Å². The number of pyridine rings is 1. The van der Waals surface area contributed by atoms with Crippen LogP contribution in [0.1, 0.15) is 20.8 Å². The molecule has 0 saturated carbocycles. The van der Waals surface area contributed by atoms with Crippen molar-refractivity contribution in [3.63, 3.8) is 0 Å². The van der Waals surface area contributed by atoms with Gasteiger partial charge in [-0.2, -0.15) is 0 Å². The van der Waals surface area contributed by atoms with E-state index in [-0.39, 0.29) is 11.6 Å². The molecule has 0 aliphatic heterocycles. The zero-order valence-electron chi connectivity index (χ0n) is 13.5. The molecule has 0 unspecified atom stereocenters. The van der Waals surface area contributed by atoms with Crippen molar-refractivity contribution in [1.82, 2.24) is 15.2 Å². The third kappa shape index (κ3) is 5.33. The van der Waals surface area contributed by atoms with Crippen molar-refractivity contribution in [3.8, 4) is 0 Å². The minimum atomic E-state index is -0.403. The van der Waals surface area contributed by atoms with Gasteiger partial charge in [-0.05, 0) is 44.4 Å². The zero-order valence-corrected chi connectivity index (χ0v) is 14.3. The van der Waals surface area contributed by atoms with Crippen LogP contribution < -0.4 is 10.6 Å². The summed E-state index contributed by atoms with van der Waals surface area (Å²) in [5.41, 5.74) is 1.12. The lowest BCUT2D eigenvalue weighted by Gasteiger charge is -2.11. The average molecular weight is 347 g/mol. The van der Waals surface area contributed by atoms with Gasteiger partial charge in [-0.15, -0.1) is 0 Å². The second-order valence-corrected chi connectivity index (χ2v) is 5.89. The molecule has 2 rings (SSSR count). The standard InChI is InChI=1S/C17H19ClN4O2/c1-22(2)9-8-20-16(23)12-6-7-19-15(10-12)17(24)21-14-5-3-4-13(18)11-14/h3-7,10-11H,8-9H2,1-2H3,(H,20,23)(H,21,24). The van der Waals surface area contributed by atoms with Crippen LogP contribution in [0, 0.1) is 0 Å². The van der Waals surface area contributed by atoms with Gasteiger partial charge in [0.05, 0.1) is 0 Å². The van der Waals surface area contributed by atoms with Crippen LogP contribution in [0.5, 0.6) is 0 Å². The molecule has 2 N–H and O–H groups in total. The number of hydrogen-bond donors (Lipinski definition) is 2. The summed E-state index contributed by atoms with van der Waals surface area (Å²) in [7, 11) is 3.85. The lowest BCUT2D eigenvalue weighted by atomic mass is 10.2. The summed E-state index contributed by atoms with van der Waals surface area (Å²) >= 11 is 5.89. The van der Waals surface area contributed by atoms with Crippen molar-refractivity contribution in [3.05, 3.63) is 58.9 Å². The van der Waals surface area contributed by atoms with E-state index in [9.17, 15) is 9.59 Å². The predicted octanol–water partition coefficient (Wildman–Crippen LogP) is 2.28. The Morgan fingerprint density at radius 2 is 1.96 bits per heavy atom. The highest BCUT2D eigenvalue weighted by molar-refractivity contribution is 6.30. The van der Waals surface area contributed by atoms with E-state index in [1.165, 1.54) is 12.3 Å². The van der Waals surface area contributed by atoms with Crippen LogP contribution in [-0.2, 0) is 0 Å². The Bertz CT molecular complexity index is 734. The summed E-state index contributed by atoms with van der Waals surface area (Å²) in [5.74, 6) is -0.642. The van der Waals surface area contributed by atoms with Gasteiger partial charge in [-0.3, -0.25) is 14.6 Å². The molecule has 0 fully saturated rings. The fourth-order valence-electron chi connectivity index (χ4n) is 1.95. The first kappa shape index (κ1) is 17.9. The van der Waals surface area contributed by atoms with Crippen LogP contribution in [-0.4, -0.2) is 48.9 Å². The minimum absolute atomic E-state index is 0.162. The van der Waals surface area contributed by atoms with E-state index in [1.807, 2.05) is 19.0 Å². The molecule has 2 aromatic rings. The number of benzene rings is 1. The largest absolute Gasteiger partial charge is 0.351 e. The Morgan fingerprint density at radius 1 is 1.17 bits per heavy atom. The molecule has 0 saturated heterocycles. The summed E-state index contributed by atoms with van der Waals surface area (Å²) < 4.78 is 0. The van der Waals surface area contributed by atoms with Crippen molar-refractivity contribution in [2.45, 2.75) is 0 Å². The van der Waals surface area contributed by atoms with E-state index in [4.69, 9.17) is 11.6 Å². The molecule has 1 aromatic heterocycles. The highest BCUT2D eigenvalue weighted by Gasteiger charge is 2.12. The molecule has 1 heterocycles. The summed E-state index contributed by atoms with van der Waals surface area (Å²) in [4.78, 5) is 30.3. The fraction of sp³-hybridized carbons (Fsp3) is 0.235. The van der Waals surface area contributed by atoms with Crippen molar-refractivity contribution < 1.29 is 9.59 Å². The zero-order chi connectivity index (χ0) is 17.5. The molecule has 0 atom stereocenters. The molecule has 6 nitrogen and oxygen atoms in total. The van der Waals surface area contributed by atoms with Crippen LogP contribution in [0.2, 0.25) is 5.02 Å². The van der Waals surface area contributed by atoms with Crippen molar-refractivity contribution in [2.75, 3.05) is 32.5 Å². The Kier molecular flexibility index (Phi) is 6.28. The Balaban J connectivity index is 2.03. The molecule has 0 bridgehead atoms. The summed E-state index contributed by atoms with van der Waals surface area (Å²) in [6, 6.07) is 9.85. The molecule has 1 aromatic carbocycles. The predicted molar refractivity (Wildman–Crippen MR) is 94.5 cm³/mol. The smallest absolute Gasteiger partial charge is 0.274 e. The van der Waals surface area contributed by atoms with Gasteiger partial charge in [0, 0.05) is 35.6 Å². The first-order chi connectivity index (χ1) is 11.5. The van der Waals surface area contributed by atoms with Gasteiger partial charge < -0.3 is 15.5 Å². The maximum Gasteiger partial charge on any atom is 0.274 e. The topological polar surface area (TPSA) is 74.3 Å². The Morgan fingerprint density at radius 3 is 2.67 bits per heavy atom. The van der Waals surface area contributed by atoms with E-state index in [0.29, 0.717) is 22.8 Å². The Labute approximate surface area is 145 Å². The molecule has 0 aliphatic rings. The number of halogens is 1. The third-order valence-electron chi connectivity index (χ3n) is 3.18. The van der Waals surface area contributed by atoms with E-state index in [2.05, 4.69) is 15.6 Å². The lowest BCUT2D eigenvalue weighted by molar-refractivity contribution is 0.0951.